The summed E-state index contributed by atoms with van der Waals surface area (Å²) in [5.41, 5.74) is -0.0137. The van der Waals surface area contributed by atoms with E-state index in [1.807, 2.05) is 0 Å². The topological polar surface area (TPSA) is 94.3 Å². The van der Waals surface area contributed by atoms with Crippen molar-refractivity contribution in [2.24, 2.45) is 0 Å². The van der Waals surface area contributed by atoms with Crippen molar-refractivity contribution in [2.75, 3.05) is 31.9 Å². The third-order valence-electron chi connectivity index (χ3n) is 3.36. The van der Waals surface area contributed by atoms with Gasteiger partial charge in [0.05, 0.1) is 5.69 Å². The van der Waals surface area contributed by atoms with Gasteiger partial charge in [0.25, 0.3) is 15.9 Å². The minimum Gasteiger partial charge on any atom is -0.356 e. The van der Waals surface area contributed by atoms with Gasteiger partial charge >= 0.3 is 0 Å². The van der Waals surface area contributed by atoms with Gasteiger partial charge in [-0.15, -0.1) is 0 Å². The van der Waals surface area contributed by atoms with Gasteiger partial charge in [-0.05, 0) is 25.2 Å². The second kappa shape index (κ2) is 7.45. The summed E-state index contributed by atoms with van der Waals surface area (Å²) in [6.07, 6.45) is 1.20. The lowest BCUT2D eigenvalue weighted by atomic mass is 10.3. The molecule has 0 bridgehead atoms. The standard InChI is InChI=1S/C15H19FN4O3S/c1-17-7-8-20(2)15(21)14-9-11(10-18-14)24(22,23)19-13-6-4-3-5-12(13)16/h3-6,9-10,17-19H,7-8H2,1-2H3. The molecule has 130 valence electrons. The number of hydrogen-bond acceptors (Lipinski definition) is 4. The van der Waals surface area contributed by atoms with Crippen LogP contribution in [0.5, 0.6) is 0 Å². The molecule has 3 N–H and O–H groups in total. The number of rotatable bonds is 7. The second-order valence-electron chi connectivity index (χ2n) is 5.16. The first kappa shape index (κ1) is 18.0. The van der Waals surface area contributed by atoms with Crippen LogP contribution in [0.2, 0.25) is 0 Å². The van der Waals surface area contributed by atoms with Gasteiger partial charge in [0.2, 0.25) is 0 Å². The monoisotopic (exact) mass is 354 g/mol. The Labute approximate surface area is 139 Å². The van der Waals surface area contributed by atoms with Gasteiger partial charge in [-0.2, -0.15) is 0 Å². The highest BCUT2D eigenvalue weighted by Crippen LogP contribution is 2.19. The van der Waals surface area contributed by atoms with Crippen molar-refractivity contribution in [1.29, 1.82) is 0 Å². The highest BCUT2D eigenvalue weighted by Gasteiger charge is 2.21. The molecule has 0 atom stereocenters. The predicted octanol–water partition coefficient (Wildman–Crippen LogP) is 1.25. The number of aromatic amines is 1. The van der Waals surface area contributed by atoms with E-state index < -0.39 is 15.8 Å². The molecule has 9 heteroatoms. The lowest BCUT2D eigenvalue weighted by Gasteiger charge is -2.15. The molecule has 2 aromatic rings. The summed E-state index contributed by atoms with van der Waals surface area (Å²) in [5, 5.41) is 2.92. The number of amides is 1. The Morgan fingerprint density at radius 1 is 1.33 bits per heavy atom. The van der Waals surface area contributed by atoms with Crippen molar-refractivity contribution in [3.8, 4) is 0 Å². The van der Waals surface area contributed by atoms with Crippen LogP contribution in [0.1, 0.15) is 10.5 Å². The number of sulfonamides is 1. The smallest absolute Gasteiger partial charge is 0.270 e. The van der Waals surface area contributed by atoms with Crippen LogP contribution in [0, 0.1) is 5.82 Å². The number of anilines is 1. The maximum absolute atomic E-state index is 13.6. The molecule has 0 spiro atoms. The van der Waals surface area contributed by atoms with E-state index in [-0.39, 0.29) is 22.2 Å². The first-order valence-electron chi connectivity index (χ1n) is 7.21. The van der Waals surface area contributed by atoms with E-state index in [1.165, 1.54) is 35.4 Å². The zero-order valence-corrected chi connectivity index (χ0v) is 14.2. The van der Waals surface area contributed by atoms with Crippen LogP contribution in [0.4, 0.5) is 10.1 Å². The molecule has 0 radical (unpaired) electrons. The Balaban J connectivity index is 2.17. The maximum atomic E-state index is 13.6. The number of likely N-dealkylation sites (N-methyl/N-ethyl adjacent to an activating group) is 2. The number of para-hydroxylation sites is 1. The van der Waals surface area contributed by atoms with E-state index in [0.717, 1.165) is 6.07 Å². The van der Waals surface area contributed by atoms with Crippen molar-refractivity contribution in [3.05, 3.63) is 48.0 Å². The van der Waals surface area contributed by atoms with Gasteiger partial charge < -0.3 is 15.2 Å². The van der Waals surface area contributed by atoms with Crippen LogP contribution in [-0.4, -0.2) is 51.4 Å². The van der Waals surface area contributed by atoms with E-state index in [1.54, 1.807) is 14.1 Å². The lowest BCUT2D eigenvalue weighted by Crippen LogP contribution is -2.32. The Kier molecular flexibility index (Phi) is 5.58. The molecule has 0 aliphatic carbocycles. The van der Waals surface area contributed by atoms with Crippen LogP contribution in [0.25, 0.3) is 0 Å². The van der Waals surface area contributed by atoms with Gasteiger partial charge in [0.1, 0.15) is 16.4 Å². The first-order valence-corrected chi connectivity index (χ1v) is 8.69. The molecule has 0 saturated heterocycles. The highest BCUT2D eigenvalue weighted by molar-refractivity contribution is 7.92. The third-order valence-corrected chi connectivity index (χ3v) is 4.70. The molecule has 0 saturated carbocycles. The summed E-state index contributed by atoms with van der Waals surface area (Å²) in [4.78, 5) is 16.2. The number of carbonyl (C=O) groups is 1. The average Bonchev–Trinajstić information content (AvgIpc) is 3.04. The Bertz CT molecular complexity index is 820. The molecule has 0 aliphatic rings. The van der Waals surface area contributed by atoms with Crippen LogP contribution in [-0.2, 0) is 10.0 Å². The molecular formula is C15H19FN4O3S. The third kappa shape index (κ3) is 4.12. The average molecular weight is 354 g/mol. The Morgan fingerprint density at radius 3 is 2.71 bits per heavy atom. The van der Waals surface area contributed by atoms with Crippen molar-refractivity contribution < 1.29 is 17.6 Å². The number of benzene rings is 1. The molecule has 7 nitrogen and oxygen atoms in total. The fraction of sp³-hybridized carbons (Fsp3) is 0.267. The van der Waals surface area contributed by atoms with Crippen LogP contribution >= 0.6 is 0 Å². The molecule has 0 aliphatic heterocycles. The first-order chi connectivity index (χ1) is 11.3. The molecule has 1 aromatic heterocycles. The molecule has 1 aromatic carbocycles. The minimum absolute atomic E-state index is 0.141. The highest BCUT2D eigenvalue weighted by atomic mass is 32.2. The molecule has 1 heterocycles. The van der Waals surface area contributed by atoms with Gasteiger partial charge in [-0.1, -0.05) is 12.1 Å². The largest absolute Gasteiger partial charge is 0.356 e. The molecule has 0 fully saturated rings. The lowest BCUT2D eigenvalue weighted by molar-refractivity contribution is 0.0791. The van der Waals surface area contributed by atoms with Gasteiger partial charge in [-0.25, -0.2) is 12.8 Å². The van der Waals surface area contributed by atoms with E-state index >= 15 is 0 Å². The normalized spacial score (nSPS) is 11.3. The van der Waals surface area contributed by atoms with Crippen LogP contribution < -0.4 is 10.0 Å². The van der Waals surface area contributed by atoms with Crippen LogP contribution in [0.15, 0.2) is 41.4 Å². The van der Waals surface area contributed by atoms with E-state index in [2.05, 4.69) is 15.0 Å². The number of carbonyl (C=O) groups excluding carboxylic acids is 1. The van der Waals surface area contributed by atoms with Gasteiger partial charge in [0, 0.05) is 26.3 Å². The van der Waals surface area contributed by atoms with Gasteiger partial charge in [0.15, 0.2) is 0 Å². The van der Waals surface area contributed by atoms with Crippen molar-refractivity contribution in [2.45, 2.75) is 4.90 Å². The minimum atomic E-state index is -4.00. The number of H-pyrrole nitrogens is 1. The van der Waals surface area contributed by atoms with Crippen LogP contribution in [0.3, 0.4) is 0 Å². The molecule has 2 rings (SSSR count). The molecular weight excluding hydrogens is 335 g/mol. The summed E-state index contributed by atoms with van der Waals surface area (Å²) in [6, 6.07) is 6.67. The summed E-state index contributed by atoms with van der Waals surface area (Å²) in [6.45, 7) is 1.09. The van der Waals surface area contributed by atoms with E-state index in [0.29, 0.717) is 13.1 Å². The quantitative estimate of drug-likeness (QED) is 0.697. The number of nitrogens with one attached hydrogen (secondary N) is 3. The zero-order chi connectivity index (χ0) is 17.7. The van der Waals surface area contributed by atoms with Crippen molar-refractivity contribution in [3.63, 3.8) is 0 Å². The summed E-state index contributed by atoms with van der Waals surface area (Å²) in [5.74, 6) is -1.02. The Hall–Kier alpha value is -2.39. The number of aromatic nitrogens is 1. The Morgan fingerprint density at radius 2 is 2.04 bits per heavy atom. The van der Waals surface area contributed by atoms with E-state index in [4.69, 9.17) is 0 Å². The molecule has 24 heavy (non-hydrogen) atoms. The van der Waals surface area contributed by atoms with Gasteiger partial charge in [-0.3, -0.25) is 9.52 Å². The fourth-order valence-corrected chi connectivity index (χ4v) is 3.05. The SMILES string of the molecule is CNCCN(C)C(=O)c1cc(S(=O)(=O)Nc2ccccc2F)c[nH]1. The van der Waals surface area contributed by atoms with E-state index in [9.17, 15) is 17.6 Å². The summed E-state index contributed by atoms with van der Waals surface area (Å²) < 4.78 is 40.4. The molecule has 0 unspecified atom stereocenters. The summed E-state index contributed by atoms with van der Waals surface area (Å²) in [7, 11) is -0.608. The summed E-state index contributed by atoms with van der Waals surface area (Å²) >= 11 is 0. The maximum Gasteiger partial charge on any atom is 0.270 e. The number of nitrogens with zero attached hydrogens (tertiary/aromatic N) is 1. The number of halogens is 1. The number of hydrogen-bond donors (Lipinski definition) is 3. The molecule has 1 amide bonds. The van der Waals surface area contributed by atoms with Crippen molar-refractivity contribution >= 4 is 21.6 Å². The fourth-order valence-electron chi connectivity index (χ4n) is 1.99. The zero-order valence-electron chi connectivity index (χ0n) is 13.3. The second-order valence-corrected chi connectivity index (χ2v) is 6.85. The predicted molar refractivity (Wildman–Crippen MR) is 88.9 cm³/mol. The van der Waals surface area contributed by atoms with Crippen molar-refractivity contribution in [1.82, 2.24) is 15.2 Å².